The minimum absolute atomic E-state index is 0.267. The van der Waals surface area contributed by atoms with Crippen LogP contribution in [0.4, 0.5) is 0 Å². The van der Waals surface area contributed by atoms with Crippen molar-refractivity contribution in [2.45, 2.75) is 26.3 Å². The summed E-state index contributed by atoms with van der Waals surface area (Å²) < 4.78 is 29.2. The molecule has 0 radical (unpaired) electrons. The Labute approximate surface area is 151 Å². The fourth-order valence-electron chi connectivity index (χ4n) is 3.70. The average Bonchev–Trinajstić information content (AvgIpc) is 2.58. The van der Waals surface area contributed by atoms with Gasteiger partial charge in [0.25, 0.3) is 0 Å². The number of hydrogen-bond acceptors (Lipinski definition) is 5. The SMILES string of the molecule is CC1CCCN(CCOc2ccccc2CN2CCS(=O)(=O)CC2)C1. The molecule has 5 nitrogen and oxygen atoms in total. The van der Waals surface area contributed by atoms with Gasteiger partial charge >= 0.3 is 0 Å². The van der Waals surface area contributed by atoms with Gasteiger partial charge in [0.1, 0.15) is 12.4 Å². The van der Waals surface area contributed by atoms with Gasteiger partial charge in [0.2, 0.25) is 0 Å². The molecule has 2 fully saturated rings. The summed E-state index contributed by atoms with van der Waals surface area (Å²) in [5, 5.41) is 0. The predicted molar refractivity (Wildman–Crippen MR) is 101 cm³/mol. The third-order valence-electron chi connectivity index (χ3n) is 5.21. The van der Waals surface area contributed by atoms with E-state index in [4.69, 9.17) is 4.74 Å². The number of sulfone groups is 1. The van der Waals surface area contributed by atoms with Gasteiger partial charge in [-0.2, -0.15) is 0 Å². The quantitative estimate of drug-likeness (QED) is 0.771. The first-order valence-corrected chi connectivity index (χ1v) is 11.2. The number of hydrogen-bond donors (Lipinski definition) is 0. The molecule has 0 amide bonds. The number of nitrogens with zero attached hydrogens (tertiary/aromatic N) is 2. The molecule has 25 heavy (non-hydrogen) atoms. The Hall–Kier alpha value is -1.11. The van der Waals surface area contributed by atoms with Gasteiger partial charge in [0.15, 0.2) is 9.84 Å². The second-order valence-electron chi connectivity index (χ2n) is 7.43. The molecule has 6 heteroatoms. The van der Waals surface area contributed by atoms with Gasteiger partial charge in [-0.1, -0.05) is 25.1 Å². The van der Waals surface area contributed by atoms with E-state index in [0.717, 1.165) is 30.3 Å². The molecule has 0 saturated carbocycles. The molecule has 0 aromatic heterocycles. The Bertz CT molecular complexity index is 648. The summed E-state index contributed by atoms with van der Waals surface area (Å²) >= 11 is 0. The van der Waals surface area contributed by atoms with E-state index in [2.05, 4.69) is 22.8 Å². The van der Waals surface area contributed by atoms with Crippen LogP contribution < -0.4 is 4.74 Å². The maximum absolute atomic E-state index is 11.6. The lowest BCUT2D eigenvalue weighted by Crippen LogP contribution is -2.39. The third-order valence-corrected chi connectivity index (χ3v) is 6.82. The molecule has 0 bridgehead atoms. The molecule has 0 aliphatic carbocycles. The normalized spacial score (nSPS) is 24.9. The maximum Gasteiger partial charge on any atom is 0.152 e. The number of benzene rings is 1. The highest BCUT2D eigenvalue weighted by Crippen LogP contribution is 2.21. The second kappa shape index (κ2) is 8.52. The van der Waals surface area contributed by atoms with Crippen LogP contribution >= 0.6 is 0 Å². The van der Waals surface area contributed by atoms with E-state index in [1.165, 1.54) is 25.9 Å². The van der Waals surface area contributed by atoms with Crippen LogP contribution in [-0.2, 0) is 16.4 Å². The first kappa shape index (κ1) is 18.7. The maximum atomic E-state index is 11.6. The minimum Gasteiger partial charge on any atom is -0.492 e. The molecule has 2 heterocycles. The summed E-state index contributed by atoms with van der Waals surface area (Å²) in [7, 11) is -2.83. The van der Waals surface area contributed by atoms with Crippen molar-refractivity contribution < 1.29 is 13.2 Å². The molecule has 0 N–H and O–H groups in total. The molecule has 1 unspecified atom stereocenters. The molecule has 1 atom stereocenters. The number of ether oxygens (including phenoxy) is 1. The Morgan fingerprint density at radius 2 is 1.88 bits per heavy atom. The Morgan fingerprint density at radius 1 is 1.12 bits per heavy atom. The number of para-hydroxylation sites is 1. The first-order valence-electron chi connectivity index (χ1n) is 9.38. The largest absolute Gasteiger partial charge is 0.492 e. The molecular weight excluding hydrogens is 336 g/mol. The van der Waals surface area contributed by atoms with Crippen molar-refractivity contribution in [2.24, 2.45) is 5.92 Å². The van der Waals surface area contributed by atoms with E-state index < -0.39 is 9.84 Å². The van der Waals surface area contributed by atoms with Gasteiger partial charge in [0.05, 0.1) is 11.5 Å². The highest BCUT2D eigenvalue weighted by atomic mass is 32.2. The van der Waals surface area contributed by atoms with Gasteiger partial charge in [-0.15, -0.1) is 0 Å². The predicted octanol–water partition coefficient (Wildman–Crippen LogP) is 2.03. The van der Waals surface area contributed by atoms with Crippen LogP contribution in [0.25, 0.3) is 0 Å². The summed E-state index contributed by atoms with van der Waals surface area (Å²) in [4.78, 5) is 4.70. The average molecular weight is 367 g/mol. The Balaban J connectivity index is 1.50. The highest BCUT2D eigenvalue weighted by molar-refractivity contribution is 7.91. The smallest absolute Gasteiger partial charge is 0.152 e. The van der Waals surface area contributed by atoms with E-state index in [-0.39, 0.29) is 11.5 Å². The first-order chi connectivity index (χ1) is 12.0. The fraction of sp³-hybridized carbons (Fsp3) is 0.684. The van der Waals surface area contributed by atoms with Crippen LogP contribution in [0.1, 0.15) is 25.3 Å². The standard InChI is InChI=1S/C19H30N2O3S/c1-17-5-4-8-20(15-17)9-12-24-19-7-3-2-6-18(19)16-21-10-13-25(22,23)14-11-21/h2-3,6-7,17H,4-5,8-16H2,1H3. The molecule has 2 saturated heterocycles. The summed E-state index contributed by atoms with van der Waals surface area (Å²) in [5.41, 5.74) is 1.15. The summed E-state index contributed by atoms with van der Waals surface area (Å²) in [6.07, 6.45) is 2.63. The van der Waals surface area contributed by atoms with E-state index in [0.29, 0.717) is 19.7 Å². The van der Waals surface area contributed by atoms with E-state index in [1.54, 1.807) is 0 Å². The molecule has 2 aliphatic heterocycles. The highest BCUT2D eigenvalue weighted by Gasteiger charge is 2.22. The zero-order valence-corrected chi connectivity index (χ0v) is 16.0. The summed E-state index contributed by atoms with van der Waals surface area (Å²) in [5.74, 6) is 2.25. The summed E-state index contributed by atoms with van der Waals surface area (Å²) in [6.45, 7) is 8.34. The van der Waals surface area contributed by atoms with Crippen LogP contribution in [0.2, 0.25) is 0 Å². The van der Waals surface area contributed by atoms with Gasteiger partial charge < -0.3 is 4.74 Å². The van der Waals surface area contributed by atoms with E-state index >= 15 is 0 Å². The lowest BCUT2D eigenvalue weighted by Gasteiger charge is -2.31. The number of rotatable bonds is 6. The van der Waals surface area contributed by atoms with E-state index in [9.17, 15) is 8.42 Å². The monoisotopic (exact) mass is 366 g/mol. The van der Waals surface area contributed by atoms with Gasteiger partial charge in [-0.3, -0.25) is 9.80 Å². The van der Waals surface area contributed by atoms with Crippen molar-refractivity contribution >= 4 is 9.84 Å². The van der Waals surface area contributed by atoms with Crippen LogP contribution in [0, 0.1) is 5.92 Å². The fourth-order valence-corrected chi connectivity index (χ4v) is 4.98. The Kier molecular flexibility index (Phi) is 6.36. The molecule has 1 aromatic rings. The molecular formula is C19H30N2O3S. The lowest BCUT2D eigenvalue weighted by molar-refractivity contribution is 0.152. The number of likely N-dealkylation sites (tertiary alicyclic amines) is 1. The van der Waals surface area contributed by atoms with Crippen molar-refractivity contribution in [1.82, 2.24) is 9.80 Å². The van der Waals surface area contributed by atoms with Crippen molar-refractivity contribution in [3.63, 3.8) is 0 Å². The molecule has 140 valence electrons. The van der Waals surface area contributed by atoms with Crippen molar-refractivity contribution in [3.05, 3.63) is 29.8 Å². The van der Waals surface area contributed by atoms with Crippen molar-refractivity contribution in [1.29, 1.82) is 0 Å². The molecule has 3 rings (SSSR count). The number of piperidine rings is 1. The third kappa shape index (κ3) is 5.69. The van der Waals surface area contributed by atoms with Gasteiger partial charge in [-0.05, 0) is 31.4 Å². The zero-order valence-electron chi connectivity index (χ0n) is 15.2. The van der Waals surface area contributed by atoms with E-state index in [1.807, 2.05) is 18.2 Å². The zero-order chi connectivity index (χ0) is 17.7. The minimum atomic E-state index is -2.83. The van der Waals surface area contributed by atoms with Gasteiger partial charge in [0, 0.05) is 38.3 Å². The van der Waals surface area contributed by atoms with Crippen molar-refractivity contribution in [2.75, 3.05) is 50.8 Å². The van der Waals surface area contributed by atoms with Crippen LogP contribution in [0.3, 0.4) is 0 Å². The summed E-state index contributed by atoms with van der Waals surface area (Å²) in [6, 6.07) is 8.13. The second-order valence-corrected chi connectivity index (χ2v) is 9.74. The Morgan fingerprint density at radius 3 is 2.64 bits per heavy atom. The van der Waals surface area contributed by atoms with Crippen LogP contribution in [0.5, 0.6) is 5.75 Å². The molecule has 2 aliphatic rings. The topological polar surface area (TPSA) is 49.9 Å². The van der Waals surface area contributed by atoms with Crippen LogP contribution in [0.15, 0.2) is 24.3 Å². The van der Waals surface area contributed by atoms with Crippen molar-refractivity contribution in [3.8, 4) is 5.75 Å². The van der Waals surface area contributed by atoms with Gasteiger partial charge in [-0.25, -0.2) is 8.42 Å². The molecule has 1 aromatic carbocycles. The van der Waals surface area contributed by atoms with Crippen LogP contribution in [-0.4, -0.2) is 69.1 Å². The molecule has 0 spiro atoms. The lowest BCUT2D eigenvalue weighted by atomic mass is 10.0.